The summed E-state index contributed by atoms with van der Waals surface area (Å²) in [4.78, 5) is 15.6. The fourth-order valence-electron chi connectivity index (χ4n) is 2.13. The number of aliphatic carboxylic acids is 1. The monoisotopic (exact) mass is 259 g/mol. The van der Waals surface area contributed by atoms with Crippen LogP contribution in [0.3, 0.4) is 0 Å². The van der Waals surface area contributed by atoms with Crippen LogP contribution in [0.2, 0.25) is 0 Å². The molecule has 5 nitrogen and oxygen atoms in total. The Morgan fingerprint density at radius 2 is 2.26 bits per heavy atom. The van der Waals surface area contributed by atoms with Crippen molar-refractivity contribution >= 4 is 5.97 Å². The van der Waals surface area contributed by atoms with Crippen molar-refractivity contribution in [3.8, 4) is 0 Å². The lowest BCUT2D eigenvalue weighted by Gasteiger charge is -2.13. The average Bonchev–Trinajstić information content (AvgIpc) is 2.82. The van der Waals surface area contributed by atoms with E-state index < -0.39 is 11.9 Å². The van der Waals surface area contributed by atoms with E-state index in [2.05, 4.69) is 10.1 Å². The van der Waals surface area contributed by atoms with E-state index in [1.807, 2.05) is 38.1 Å². The second-order valence-electron chi connectivity index (χ2n) is 4.50. The van der Waals surface area contributed by atoms with E-state index in [9.17, 15) is 9.90 Å². The highest BCUT2D eigenvalue weighted by Crippen LogP contribution is 2.21. The average molecular weight is 259 g/mol. The van der Waals surface area contributed by atoms with Gasteiger partial charge in [0.1, 0.15) is 12.2 Å². The molecule has 19 heavy (non-hydrogen) atoms. The summed E-state index contributed by atoms with van der Waals surface area (Å²) in [6.45, 7) is 4.60. The van der Waals surface area contributed by atoms with Crippen molar-refractivity contribution in [1.82, 2.24) is 14.8 Å². The van der Waals surface area contributed by atoms with Gasteiger partial charge in [0.2, 0.25) is 0 Å². The zero-order valence-electron chi connectivity index (χ0n) is 11.1. The van der Waals surface area contributed by atoms with Crippen LogP contribution in [0.5, 0.6) is 0 Å². The fraction of sp³-hybridized carbons (Fsp3) is 0.357. The third kappa shape index (κ3) is 2.99. The van der Waals surface area contributed by atoms with Gasteiger partial charge in [0.15, 0.2) is 0 Å². The molecule has 0 bridgehead atoms. The van der Waals surface area contributed by atoms with Crippen molar-refractivity contribution in [1.29, 1.82) is 0 Å². The number of aromatic nitrogens is 3. The molecule has 5 heteroatoms. The molecular formula is C14H17N3O2. The molecule has 1 unspecified atom stereocenters. The molecule has 0 spiro atoms. The SMILES string of the molecule is CCn1ncnc1CC(C(=O)O)c1cccc(C)c1. The maximum Gasteiger partial charge on any atom is 0.311 e. The summed E-state index contributed by atoms with van der Waals surface area (Å²) >= 11 is 0. The molecule has 0 aliphatic carbocycles. The first kappa shape index (κ1) is 13.3. The van der Waals surface area contributed by atoms with Gasteiger partial charge >= 0.3 is 5.97 Å². The van der Waals surface area contributed by atoms with Gasteiger partial charge in [-0.2, -0.15) is 5.10 Å². The first-order valence-electron chi connectivity index (χ1n) is 6.28. The minimum absolute atomic E-state index is 0.354. The molecule has 1 heterocycles. The molecule has 0 fully saturated rings. The molecular weight excluding hydrogens is 242 g/mol. The largest absolute Gasteiger partial charge is 0.481 e. The third-order valence-corrected chi connectivity index (χ3v) is 3.12. The maximum atomic E-state index is 11.5. The van der Waals surface area contributed by atoms with Crippen molar-refractivity contribution in [2.75, 3.05) is 0 Å². The predicted molar refractivity (Wildman–Crippen MR) is 71.0 cm³/mol. The normalized spacial score (nSPS) is 12.3. The zero-order chi connectivity index (χ0) is 13.8. The van der Waals surface area contributed by atoms with Crippen molar-refractivity contribution in [2.24, 2.45) is 0 Å². The summed E-state index contributed by atoms with van der Waals surface area (Å²) in [5.41, 5.74) is 1.86. The molecule has 1 atom stereocenters. The van der Waals surface area contributed by atoms with E-state index in [0.717, 1.165) is 11.1 Å². The Morgan fingerprint density at radius 1 is 1.47 bits per heavy atom. The molecule has 1 N–H and O–H groups in total. The number of hydrogen-bond acceptors (Lipinski definition) is 3. The Kier molecular flexibility index (Phi) is 3.94. The second-order valence-corrected chi connectivity index (χ2v) is 4.50. The first-order chi connectivity index (χ1) is 9.11. The molecule has 0 saturated heterocycles. The lowest BCUT2D eigenvalue weighted by molar-refractivity contribution is -0.138. The molecule has 100 valence electrons. The van der Waals surface area contributed by atoms with Crippen LogP contribution in [0.4, 0.5) is 0 Å². The Balaban J connectivity index is 2.29. The maximum absolute atomic E-state index is 11.5. The van der Waals surface area contributed by atoms with Gasteiger partial charge in [-0.1, -0.05) is 29.8 Å². The number of carbonyl (C=O) groups is 1. The summed E-state index contributed by atoms with van der Waals surface area (Å²) in [5.74, 6) is -0.720. The predicted octanol–water partition coefficient (Wildman–Crippen LogP) is 2.02. The summed E-state index contributed by atoms with van der Waals surface area (Å²) in [7, 11) is 0. The number of carboxylic acids is 1. The van der Waals surface area contributed by atoms with Crippen LogP contribution in [0, 0.1) is 6.92 Å². The van der Waals surface area contributed by atoms with E-state index in [1.165, 1.54) is 6.33 Å². The van der Waals surface area contributed by atoms with Crippen molar-refractivity contribution in [3.05, 3.63) is 47.5 Å². The standard InChI is InChI=1S/C14H17N3O2/c1-3-17-13(15-9-16-17)8-12(14(18)19)11-6-4-5-10(2)7-11/h4-7,9,12H,3,8H2,1-2H3,(H,18,19). The topological polar surface area (TPSA) is 68.0 Å². The minimum Gasteiger partial charge on any atom is -0.481 e. The van der Waals surface area contributed by atoms with Crippen LogP contribution in [0.25, 0.3) is 0 Å². The molecule has 2 aromatic rings. The van der Waals surface area contributed by atoms with Gasteiger partial charge in [-0.05, 0) is 19.4 Å². The highest BCUT2D eigenvalue weighted by Gasteiger charge is 2.22. The van der Waals surface area contributed by atoms with Gasteiger partial charge in [0.25, 0.3) is 0 Å². The molecule has 0 saturated carbocycles. The lowest BCUT2D eigenvalue weighted by Crippen LogP contribution is -2.17. The smallest absolute Gasteiger partial charge is 0.311 e. The first-order valence-corrected chi connectivity index (χ1v) is 6.28. The van der Waals surface area contributed by atoms with E-state index in [4.69, 9.17) is 0 Å². The molecule has 0 amide bonds. The molecule has 1 aromatic carbocycles. The summed E-state index contributed by atoms with van der Waals surface area (Å²) < 4.78 is 1.73. The third-order valence-electron chi connectivity index (χ3n) is 3.12. The van der Waals surface area contributed by atoms with Crippen molar-refractivity contribution in [2.45, 2.75) is 32.7 Å². The molecule has 0 aliphatic rings. The van der Waals surface area contributed by atoms with Crippen LogP contribution < -0.4 is 0 Å². The van der Waals surface area contributed by atoms with Gasteiger partial charge in [-0.15, -0.1) is 0 Å². The summed E-state index contributed by atoms with van der Waals surface area (Å²) in [5, 5.41) is 13.5. The van der Waals surface area contributed by atoms with Crippen LogP contribution >= 0.6 is 0 Å². The molecule has 0 aliphatic heterocycles. The number of hydrogen-bond donors (Lipinski definition) is 1. The highest BCUT2D eigenvalue weighted by atomic mass is 16.4. The Labute approximate surface area is 111 Å². The van der Waals surface area contributed by atoms with Gasteiger partial charge < -0.3 is 5.11 Å². The van der Waals surface area contributed by atoms with Crippen molar-refractivity contribution < 1.29 is 9.90 Å². The number of aryl methyl sites for hydroxylation is 2. The van der Waals surface area contributed by atoms with Crippen LogP contribution in [-0.4, -0.2) is 25.8 Å². The molecule has 0 radical (unpaired) electrons. The second kappa shape index (κ2) is 5.65. The fourth-order valence-corrected chi connectivity index (χ4v) is 2.13. The van der Waals surface area contributed by atoms with Gasteiger partial charge in [-0.25, -0.2) is 4.98 Å². The number of rotatable bonds is 5. The van der Waals surface area contributed by atoms with E-state index >= 15 is 0 Å². The molecule has 1 aromatic heterocycles. The van der Waals surface area contributed by atoms with Crippen LogP contribution in [-0.2, 0) is 17.8 Å². The summed E-state index contributed by atoms with van der Waals surface area (Å²) in [6.07, 6.45) is 1.82. The van der Waals surface area contributed by atoms with Gasteiger partial charge in [-0.3, -0.25) is 9.48 Å². The number of nitrogens with zero attached hydrogens (tertiary/aromatic N) is 3. The number of carboxylic acid groups (broad SMARTS) is 1. The van der Waals surface area contributed by atoms with Crippen LogP contribution in [0.1, 0.15) is 29.8 Å². The minimum atomic E-state index is -0.837. The van der Waals surface area contributed by atoms with E-state index in [-0.39, 0.29) is 0 Å². The van der Waals surface area contributed by atoms with Gasteiger partial charge in [0, 0.05) is 13.0 Å². The quantitative estimate of drug-likeness (QED) is 0.892. The van der Waals surface area contributed by atoms with Crippen LogP contribution in [0.15, 0.2) is 30.6 Å². The Morgan fingerprint density at radius 3 is 2.89 bits per heavy atom. The highest BCUT2D eigenvalue weighted by molar-refractivity contribution is 5.76. The lowest BCUT2D eigenvalue weighted by atomic mass is 9.94. The Bertz CT molecular complexity index is 578. The molecule has 2 rings (SSSR count). The van der Waals surface area contributed by atoms with Crippen molar-refractivity contribution in [3.63, 3.8) is 0 Å². The zero-order valence-corrected chi connectivity index (χ0v) is 11.1. The van der Waals surface area contributed by atoms with E-state index in [1.54, 1.807) is 4.68 Å². The number of benzene rings is 1. The van der Waals surface area contributed by atoms with E-state index in [0.29, 0.717) is 18.8 Å². The Hall–Kier alpha value is -2.17. The van der Waals surface area contributed by atoms with Gasteiger partial charge in [0.05, 0.1) is 5.92 Å². The summed E-state index contributed by atoms with van der Waals surface area (Å²) in [6, 6.07) is 7.59.